The molecule has 0 aliphatic rings. The van der Waals surface area contributed by atoms with Crippen molar-refractivity contribution in [2.75, 3.05) is 0 Å². The highest BCUT2D eigenvalue weighted by molar-refractivity contribution is 9.10. The van der Waals surface area contributed by atoms with E-state index in [4.69, 9.17) is 0 Å². The fraction of sp³-hybridized carbons (Fsp3) is 0.0667. The van der Waals surface area contributed by atoms with Crippen molar-refractivity contribution >= 4 is 33.6 Å². The number of aromatic nitrogens is 2. The van der Waals surface area contributed by atoms with E-state index in [1.54, 1.807) is 22.2 Å². The minimum Gasteiger partial charge on any atom is -0.298 e. The average Bonchev–Trinajstić information content (AvgIpc) is 3.05. The molecule has 0 aliphatic heterocycles. The van der Waals surface area contributed by atoms with Gasteiger partial charge in [-0.05, 0) is 43.3 Å². The molecule has 0 radical (unpaired) electrons. The first-order valence-electron chi connectivity index (χ1n) is 6.05. The predicted octanol–water partition coefficient (Wildman–Crippen LogP) is 4.48. The van der Waals surface area contributed by atoms with E-state index in [0.717, 1.165) is 27.0 Å². The Labute approximate surface area is 129 Å². The Morgan fingerprint density at radius 1 is 1.20 bits per heavy atom. The molecule has 0 spiro atoms. The molecule has 0 fully saturated rings. The highest BCUT2D eigenvalue weighted by Gasteiger charge is 2.13. The van der Waals surface area contributed by atoms with Crippen LogP contribution in [-0.2, 0) is 0 Å². The summed E-state index contributed by atoms with van der Waals surface area (Å²) < 4.78 is 2.75. The molecule has 3 nitrogen and oxygen atoms in total. The Balaban J connectivity index is 2.09. The zero-order valence-electron chi connectivity index (χ0n) is 10.7. The standard InChI is InChI=1S/C15H11BrN2OS/c1-10-2-7-14(20-10)15-11(9-19)8-18(17-15)13-5-3-12(16)4-6-13/h2-9H,1H3. The molecule has 3 rings (SSSR count). The van der Waals surface area contributed by atoms with Gasteiger partial charge in [-0.1, -0.05) is 15.9 Å². The zero-order chi connectivity index (χ0) is 14.1. The maximum absolute atomic E-state index is 11.2. The van der Waals surface area contributed by atoms with Gasteiger partial charge in [0.15, 0.2) is 6.29 Å². The van der Waals surface area contributed by atoms with Crippen LogP contribution in [0.1, 0.15) is 15.2 Å². The lowest BCUT2D eigenvalue weighted by atomic mass is 10.2. The first kappa shape index (κ1) is 13.3. The van der Waals surface area contributed by atoms with E-state index in [2.05, 4.69) is 21.0 Å². The number of rotatable bonds is 3. The highest BCUT2D eigenvalue weighted by atomic mass is 79.9. The molecule has 0 saturated heterocycles. The van der Waals surface area contributed by atoms with Crippen molar-refractivity contribution in [3.8, 4) is 16.3 Å². The van der Waals surface area contributed by atoms with Gasteiger partial charge < -0.3 is 0 Å². The van der Waals surface area contributed by atoms with E-state index in [0.29, 0.717) is 5.56 Å². The van der Waals surface area contributed by atoms with Crippen molar-refractivity contribution < 1.29 is 4.79 Å². The normalized spacial score (nSPS) is 10.7. The van der Waals surface area contributed by atoms with Gasteiger partial charge in [-0.25, -0.2) is 4.68 Å². The van der Waals surface area contributed by atoms with Crippen LogP contribution in [0.15, 0.2) is 47.1 Å². The Bertz CT molecular complexity index is 759. The molecule has 0 N–H and O–H groups in total. The smallest absolute Gasteiger partial charge is 0.153 e. The van der Waals surface area contributed by atoms with Gasteiger partial charge >= 0.3 is 0 Å². The van der Waals surface area contributed by atoms with Crippen LogP contribution in [0.5, 0.6) is 0 Å². The summed E-state index contributed by atoms with van der Waals surface area (Å²) in [5, 5.41) is 4.55. The third-order valence-electron chi connectivity index (χ3n) is 2.93. The number of halogens is 1. The molecule has 5 heteroatoms. The fourth-order valence-corrected chi connectivity index (χ4v) is 3.09. The summed E-state index contributed by atoms with van der Waals surface area (Å²) in [6.45, 7) is 2.04. The van der Waals surface area contributed by atoms with E-state index in [1.165, 1.54) is 4.88 Å². The summed E-state index contributed by atoms with van der Waals surface area (Å²) >= 11 is 5.05. The van der Waals surface area contributed by atoms with Gasteiger partial charge in [0.05, 0.1) is 16.1 Å². The lowest BCUT2D eigenvalue weighted by Crippen LogP contribution is -1.93. The van der Waals surface area contributed by atoms with Crippen molar-refractivity contribution in [3.05, 3.63) is 57.5 Å². The minimum atomic E-state index is 0.606. The van der Waals surface area contributed by atoms with E-state index in [1.807, 2.05) is 43.3 Å². The van der Waals surface area contributed by atoms with Gasteiger partial charge in [0.2, 0.25) is 0 Å². The van der Waals surface area contributed by atoms with Crippen molar-refractivity contribution in [1.82, 2.24) is 9.78 Å². The lowest BCUT2D eigenvalue weighted by Gasteiger charge is -2.00. The van der Waals surface area contributed by atoms with Crippen LogP contribution in [0.25, 0.3) is 16.3 Å². The van der Waals surface area contributed by atoms with Gasteiger partial charge in [-0.2, -0.15) is 5.10 Å². The summed E-state index contributed by atoms with van der Waals surface area (Å²) in [6.07, 6.45) is 2.62. The second-order valence-corrected chi connectivity index (χ2v) is 6.59. The van der Waals surface area contributed by atoms with E-state index >= 15 is 0 Å². The van der Waals surface area contributed by atoms with Crippen LogP contribution in [0.2, 0.25) is 0 Å². The topological polar surface area (TPSA) is 34.9 Å². The number of hydrogen-bond acceptors (Lipinski definition) is 3. The number of thiophene rings is 1. The number of carbonyl (C=O) groups excluding carboxylic acids is 1. The number of benzene rings is 1. The fourth-order valence-electron chi connectivity index (χ4n) is 1.95. The molecule has 2 aromatic heterocycles. The minimum absolute atomic E-state index is 0.606. The molecular formula is C15H11BrN2OS. The molecule has 0 atom stereocenters. The first-order valence-corrected chi connectivity index (χ1v) is 7.66. The van der Waals surface area contributed by atoms with Crippen LogP contribution < -0.4 is 0 Å². The molecule has 0 saturated carbocycles. The van der Waals surface area contributed by atoms with Gasteiger partial charge in [0.25, 0.3) is 0 Å². The van der Waals surface area contributed by atoms with Crippen LogP contribution >= 0.6 is 27.3 Å². The number of nitrogens with zero attached hydrogens (tertiary/aromatic N) is 2. The summed E-state index contributed by atoms with van der Waals surface area (Å²) in [4.78, 5) is 13.5. The third-order valence-corrected chi connectivity index (χ3v) is 4.47. The number of hydrogen-bond donors (Lipinski definition) is 0. The van der Waals surface area contributed by atoms with Crippen molar-refractivity contribution in [2.24, 2.45) is 0 Å². The molecule has 1 aromatic carbocycles. The molecular weight excluding hydrogens is 336 g/mol. The monoisotopic (exact) mass is 346 g/mol. The molecule has 3 aromatic rings. The average molecular weight is 347 g/mol. The second-order valence-electron chi connectivity index (χ2n) is 4.38. The Kier molecular flexibility index (Phi) is 3.54. The summed E-state index contributed by atoms with van der Waals surface area (Å²) in [5.41, 5.74) is 2.27. The third kappa shape index (κ3) is 2.46. The first-order chi connectivity index (χ1) is 9.67. The quantitative estimate of drug-likeness (QED) is 0.655. The molecule has 20 heavy (non-hydrogen) atoms. The highest BCUT2D eigenvalue weighted by Crippen LogP contribution is 2.29. The number of aldehydes is 1. The van der Waals surface area contributed by atoms with Gasteiger partial charge in [0, 0.05) is 15.5 Å². The zero-order valence-corrected chi connectivity index (χ0v) is 13.1. The molecule has 0 unspecified atom stereocenters. The summed E-state index contributed by atoms with van der Waals surface area (Å²) in [5.74, 6) is 0. The van der Waals surface area contributed by atoms with Crippen LogP contribution in [0.3, 0.4) is 0 Å². The lowest BCUT2D eigenvalue weighted by molar-refractivity contribution is 0.112. The van der Waals surface area contributed by atoms with Crippen LogP contribution in [0, 0.1) is 6.92 Å². The predicted molar refractivity (Wildman–Crippen MR) is 84.7 cm³/mol. The number of carbonyl (C=O) groups is 1. The molecule has 100 valence electrons. The maximum Gasteiger partial charge on any atom is 0.153 e. The Hall–Kier alpha value is -1.72. The van der Waals surface area contributed by atoms with Gasteiger partial charge in [-0.15, -0.1) is 11.3 Å². The van der Waals surface area contributed by atoms with Gasteiger partial charge in [0.1, 0.15) is 5.69 Å². The largest absolute Gasteiger partial charge is 0.298 e. The van der Waals surface area contributed by atoms with Crippen molar-refractivity contribution in [1.29, 1.82) is 0 Å². The van der Waals surface area contributed by atoms with Crippen molar-refractivity contribution in [3.63, 3.8) is 0 Å². The molecule has 0 bridgehead atoms. The molecule has 0 aliphatic carbocycles. The number of aryl methyl sites for hydroxylation is 1. The SMILES string of the molecule is Cc1ccc(-c2nn(-c3ccc(Br)cc3)cc2C=O)s1. The molecule has 0 amide bonds. The van der Waals surface area contributed by atoms with Crippen LogP contribution in [-0.4, -0.2) is 16.1 Å². The van der Waals surface area contributed by atoms with Crippen molar-refractivity contribution in [2.45, 2.75) is 6.92 Å². The maximum atomic E-state index is 11.2. The van der Waals surface area contributed by atoms with Gasteiger partial charge in [-0.3, -0.25) is 4.79 Å². The van der Waals surface area contributed by atoms with Crippen LogP contribution in [0.4, 0.5) is 0 Å². The summed E-state index contributed by atoms with van der Waals surface area (Å²) in [6, 6.07) is 11.8. The van der Waals surface area contributed by atoms with E-state index in [-0.39, 0.29) is 0 Å². The molecule has 2 heterocycles. The van der Waals surface area contributed by atoms with E-state index in [9.17, 15) is 4.79 Å². The Morgan fingerprint density at radius 2 is 1.95 bits per heavy atom. The second kappa shape index (κ2) is 5.34. The summed E-state index contributed by atoms with van der Waals surface area (Å²) in [7, 11) is 0. The van der Waals surface area contributed by atoms with E-state index < -0.39 is 0 Å². The Morgan fingerprint density at radius 3 is 2.55 bits per heavy atom.